The Kier molecular flexibility index (Phi) is 2.91. The van der Waals surface area contributed by atoms with Crippen LogP contribution in [0.5, 0.6) is 0 Å². The van der Waals surface area contributed by atoms with Crippen molar-refractivity contribution >= 4 is 5.69 Å². The number of aromatic nitrogens is 1. The van der Waals surface area contributed by atoms with Crippen molar-refractivity contribution in [3.63, 3.8) is 0 Å². The third kappa shape index (κ3) is 2.12. The highest BCUT2D eigenvalue weighted by Gasteiger charge is 2.24. The summed E-state index contributed by atoms with van der Waals surface area (Å²) in [5.41, 5.74) is 2.46. The summed E-state index contributed by atoms with van der Waals surface area (Å²) in [5.74, 6) is 0.353. The molecule has 3 nitrogen and oxygen atoms in total. The van der Waals surface area contributed by atoms with Gasteiger partial charge in [0, 0.05) is 31.2 Å². The normalized spacial score (nSPS) is 26.7. The van der Waals surface area contributed by atoms with Gasteiger partial charge in [0.25, 0.3) is 0 Å². The van der Waals surface area contributed by atoms with Crippen molar-refractivity contribution in [1.29, 1.82) is 0 Å². The van der Waals surface area contributed by atoms with Crippen LogP contribution in [0.15, 0.2) is 18.5 Å². The van der Waals surface area contributed by atoms with Crippen LogP contribution in [-0.4, -0.2) is 29.3 Å². The van der Waals surface area contributed by atoms with Gasteiger partial charge < -0.3 is 10.0 Å². The van der Waals surface area contributed by atoms with E-state index >= 15 is 0 Å². The summed E-state index contributed by atoms with van der Waals surface area (Å²) >= 11 is 0. The smallest absolute Gasteiger partial charge is 0.0599 e. The summed E-state index contributed by atoms with van der Waals surface area (Å²) in [6, 6.07) is 2.06. The first-order chi connectivity index (χ1) is 7.18. The van der Waals surface area contributed by atoms with Crippen molar-refractivity contribution in [2.45, 2.75) is 26.4 Å². The van der Waals surface area contributed by atoms with Crippen LogP contribution in [0.2, 0.25) is 0 Å². The lowest BCUT2D eigenvalue weighted by molar-refractivity contribution is 0.0970. The molecule has 1 N–H and O–H groups in total. The van der Waals surface area contributed by atoms with Gasteiger partial charge in [-0.1, -0.05) is 6.92 Å². The lowest BCUT2D eigenvalue weighted by Crippen LogP contribution is -2.42. The summed E-state index contributed by atoms with van der Waals surface area (Å²) in [6.45, 7) is 6.06. The minimum absolute atomic E-state index is 0.136. The summed E-state index contributed by atoms with van der Waals surface area (Å²) in [6.07, 6.45) is 4.45. The SMILES string of the molecule is Cc1cnccc1N1CCC(O)C(C)C1. The summed E-state index contributed by atoms with van der Waals surface area (Å²) in [4.78, 5) is 6.44. The Morgan fingerprint density at radius 1 is 1.53 bits per heavy atom. The van der Waals surface area contributed by atoms with Gasteiger partial charge in [0.15, 0.2) is 0 Å². The molecule has 1 aromatic heterocycles. The topological polar surface area (TPSA) is 36.4 Å². The number of pyridine rings is 1. The molecule has 1 aliphatic heterocycles. The molecule has 0 saturated carbocycles. The van der Waals surface area contributed by atoms with E-state index in [1.165, 1.54) is 11.3 Å². The molecule has 15 heavy (non-hydrogen) atoms. The molecule has 0 bridgehead atoms. The number of aryl methyl sites for hydroxylation is 1. The highest BCUT2D eigenvalue weighted by Crippen LogP contribution is 2.25. The van der Waals surface area contributed by atoms with Crippen LogP contribution < -0.4 is 4.90 Å². The second-order valence-corrected chi connectivity index (χ2v) is 4.44. The molecule has 2 unspecified atom stereocenters. The molecule has 2 atom stereocenters. The number of hydrogen-bond donors (Lipinski definition) is 1. The van der Waals surface area contributed by atoms with Crippen molar-refractivity contribution in [3.8, 4) is 0 Å². The average Bonchev–Trinajstić information content (AvgIpc) is 2.23. The van der Waals surface area contributed by atoms with Crippen LogP contribution in [0.1, 0.15) is 18.9 Å². The highest BCUT2D eigenvalue weighted by molar-refractivity contribution is 5.51. The van der Waals surface area contributed by atoms with Crippen LogP contribution in [0, 0.1) is 12.8 Å². The monoisotopic (exact) mass is 206 g/mol. The quantitative estimate of drug-likeness (QED) is 0.758. The van der Waals surface area contributed by atoms with Gasteiger partial charge in [0.2, 0.25) is 0 Å². The molecule has 0 radical (unpaired) electrons. The Balaban J connectivity index is 2.15. The van der Waals surface area contributed by atoms with E-state index in [-0.39, 0.29) is 6.10 Å². The van der Waals surface area contributed by atoms with E-state index in [1.807, 2.05) is 12.4 Å². The van der Waals surface area contributed by atoms with E-state index in [0.717, 1.165) is 19.5 Å². The minimum atomic E-state index is -0.136. The average molecular weight is 206 g/mol. The van der Waals surface area contributed by atoms with Gasteiger partial charge in [-0.15, -0.1) is 0 Å². The van der Waals surface area contributed by atoms with Gasteiger partial charge in [-0.05, 0) is 30.9 Å². The Morgan fingerprint density at radius 3 is 3.00 bits per heavy atom. The largest absolute Gasteiger partial charge is 0.393 e. The van der Waals surface area contributed by atoms with Crippen LogP contribution in [-0.2, 0) is 0 Å². The molecule has 0 aromatic carbocycles. The molecule has 0 spiro atoms. The molecule has 1 fully saturated rings. The molecule has 82 valence electrons. The van der Waals surface area contributed by atoms with E-state index in [4.69, 9.17) is 0 Å². The van der Waals surface area contributed by atoms with Crippen molar-refractivity contribution in [2.75, 3.05) is 18.0 Å². The zero-order valence-electron chi connectivity index (χ0n) is 9.35. The Labute approximate surface area is 90.8 Å². The number of aliphatic hydroxyl groups is 1. The van der Waals surface area contributed by atoms with E-state index in [1.54, 1.807) is 0 Å². The standard InChI is InChI=1S/C12H18N2O/c1-9-7-13-5-3-11(9)14-6-4-12(15)10(2)8-14/h3,5,7,10,12,15H,4,6,8H2,1-2H3. The molecular formula is C12H18N2O. The van der Waals surface area contributed by atoms with Crippen molar-refractivity contribution < 1.29 is 5.11 Å². The zero-order chi connectivity index (χ0) is 10.8. The maximum Gasteiger partial charge on any atom is 0.0599 e. The van der Waals surface area contributed by atoms with Crippen molar-refractivity contribution in [2.24, 2.45) is 5.92 Å². The molecular weight excluding hydrogens is 188 g/mol. The summed E-state index contributed by atoms with van der Waals surface area (Å²) < 4.78 is 0. The molecule has 2 rings (SSSR count). The van der Waals surface area contributed by atoms with Crippen LogP contribution in [0.4, 0.5) is 5.69 Å². The van der Waals surface area contributed by atoms with Crippen LogP contribution in [0.25, 0.3) is 0 Å². The predicted molar refractivity (Wildman–Crippen MR) is 61.0 cm³/mol. The van der Waals surface area contributed by atoms with Gasteiger partial charge in [0.05, 0.1) is 6.10 Å². The minimum Gasteiger partial charge on any atom is -0.393 e. The first-order valence-corrected chi connectivity index (χ1v) is 5.52. The maximum absolute atomic E-state index is 9.67. The predicted octanol–water partition coefficient (Wildman–Crippen LogP) is 1.60. The summed E-state index contributed by atoms with van der Waals surface area (Å²) in [7, 11) is 0. The molecule has 1 saturated heterocycles. The second-order valence-electron chi connectivity index (χ2n) is 4.44. The molecule has 3 heteroatoms. The van der Waals surface area contributed by atoms with Crippen molar-refractivity contribution in [3.05, 3.63) is 24.0 Å². The number of rotatable bonds is 1. The lowest BCUT2D eigenvalue weighted by atomic mass is 9.96. The molecule has 1 aliphatic rings. The number of aliphatic hydroxyl groups excluding tert-OH is 1. The molecule has 1 aromatic rings. The number of nitrogens with zero attached hydrogens (tertiary/aromatic N) is 2. The molecule has 2 heterocycles. The fraction of sp³-hybridized carbons (Fsp3) is 0.583. The number of piperidine rings is 1. The third-order valence-corrected chi connectivity index (χ3v) is 3.19. The van der Waals surface area contributed by atoms with E-state index in [9.17, 15) is 5.11 Å². The second kappa shape index (κ2) is 4.19. The van der Waals surface area contributed by atoms with Gasteiger partial charge in [-0.25, -0.2) is 0 Å². The molecule has 0 amide bonds. The Hall–Kier alpha value is -1.09. The molecule has 0 aliphatic carbocycles. The fourth-order valence-corrected chi connectivity index (χ4v) is 2.17. The number of hydrogen-bond acceptors (Lipinski definition) is 3. The number of anilines is 1. The Morgan fingerprint density at radius 2 is 2.33 bits per heavy atom. The zero-order valence-corrected chi connectivity index (χ0v) is 9.35. The van der Waals surface area contributed by atoms with E-state index < -0.39 is 0 Å². The lowest BCUT2D eigenvalue weighted by Gasteiger charge is -2.36. The first kappa shape index (κ1) is 10.4. The third-order valence-electron chi connectivity index (χ3n) is 3.19. The fourth-order valence-electron chi connectivity index (χ4n) is 2.17. The Bertz CT molecular complexity index is 340. The highest BCUT2D eigenvalue weighted by atomic mass is 16.3. The van der Waals surface area contributed by atoms with Gasteiger partial charge >= 0.3 is 0 Å². The first-order valence-electron chi connectivity index (χ1n) is 5.52. The van der Waals surface area contributed by atoms with Crippen molar-refractivity contribution in [1.82, 2.24) is 4.98 Å². The maximum atomic E-state index is 9.67. The van der Waals surface area contributed by atoms with E-state index in [0.29, 0.717) is 5.92 Å². The van der Waals surface area contributed by atoms with Crippen LogP contribution >= 0.6 is 0 Å². The van der Waals surface area contributed by atoms with Gasteiger partial charge in [-0.3, -0.25) is 4.98 Å². The van der Waals surface area contributed by atoms with Gasteiger partial charge in [-0.2, -0.15) is 0 Å². The van der Waals surface area contributed by atoms with Crippen LogP contribution in [0.3, 0.4) is 0 Å². The van der Waals surface area contributed by atoms with E-state index in [2.05, 4.69) is 29.8 Å². The van der Waals surface area contributed by atoms with Gasteiger partial charge in [0.1, 0.15) is 0 Å². The summed E-state index contributed by atoms with van der Waals surface area (Å²) in [5, 5.41) is 9.67.